The van der Waals surface area contributed by atoms with Crippen LogP contribution in [0.2, 0.25) is 0 Å². The van der Waals surface area contributed by atoms with Crippen molar-refractivity contribution in [3.05, 3.63) is 24.0 Å². The molecule has 0 radical (unpaired) electrons. The number of imidazole rings is 1. The first-order valence-corrected chi connectivity index (χ1v) is 9.91. The number of anilines is 1. The number of carbonyl (C=O) groups excluding carboxylic acids is 1. The van der Waals surface area contributed by atoms with Crippen LogP contribution in [-0.4, -0.2) is 29.0 Å². The summed E-state index contributed by atoms with van der Waals surface area (Å²) >= 11 is 0. The van der Waals surface area contributed by atoms with Gasteiger partial charge in [0.15, 0.2) is 5.82 Å². The molecule has 134 valence electrons. The van der Waals surface area contributed by atoms with E-state index in [9.17, 15) is 4.79 Å². The standard InChI is InChI=1S/C20H28N4O/c25-20(15-7-3-1-4-8-15)21-16-9-10-17-18(13-16)23-19(22-17)14-24-11-5-2-6-12-24/h9-10,13,15H,1-8,11-12,14H2,(H,21,25)(H,22,23)/p+1. The second-order valence-electron chi connectivity index (χ2n) is 7.73. The minimum absolute atomic E-state index is 0.177. The summed E-state index contributed by atoms with van der Waals surface area (Å²) in [4.78, 5) is 22.2. The van der Waals surface area contributed by atoms with Crippen LogP contribution >= 0.6 is 0 Å². The van der Waals surface area contributed by atoms with Crippen molar-refractivity contribution in [2.45, 2.75) is 57.9 Å². The number of amides is 1. The fourth-order valence-corrected chi connectivity index (χ4v) is 4.30. The largest absolute Gasteiger partial charge is 0.337 e. The van der Waals surface area contributed by atoms with Gasteiger partial charge < -0.3 is 15.2 Å². The maximum atomic E-state index is 12.4. The minimum Gasteiger partial charge on any atom is -0.337 e. The quantitative estimate of drug-likeness (QED) is 0.800. The molecule has 1 saturated heterocycles. The lowest BCUT2D eigenvalue weighted by Crippen LogP contribution is -3.11. The van der Waals surface area contributed by atoms with E-state index >= 15 is 0 Å². The molecule has 0 unspecified atom stereocenters. The van der Waals surface area contributed by atoms with E-state index in [2.05, 4.69) is 10.3 Å². The lowest BCUT2D eigenvalue weighted by Gasteiger charge is -2.22. The molecule has 1 saturated carbocycles. The predicted octanol–water partition coefficient (Wildman–Crippen LogP) is 2.65. The van der Waals surface area contributed by atoms with Crippen LogP contribution in [0.25, 0.3) is 11.0 Å². The molecule has 0 bridgehead atoms. The molecule has 1 amide bonds. The van der Waals surface area contributed by atoms with E-state index in [0.717, 1.165) is 41.9 Å². The van der Waals surface area contributed by atoms with Crippen LogP contribution in [0.4, 0.5) is 5.69 Å². The van der Waals surface area contributed by atoms with Gasteiger partial charge in [0.25, 0.3) is 0 Å². The summed E-state index contributed by atoms with van der Waals surface area (Å²) in [6, 6.07) is 6.01. The minimum atomic E-state index is 0.177. The molecule has 1 aliphatic heterocycles. The molecule has 1 aromatic heterocycles. The van der Waals surface area contributed by atoms with E-state index in [-0.39, 0.29) is 11.8 Å². The Morgan fingerprint density at radius 1 is 1.12 bits per heavy atom. The number of likely N-dealkylation sites (tertiary alicyclic amines) is 1. The van der Waals surface area contributed by atoms with Gasteiger partial charge in [0.05, 0.1) is 24.1 Å². The number of piperidine rings is 1. The summed E-state index contributed by atoms with van der Waals surface area (Å²) in [5, 5.41) is 3.10. The van der Waals surface area contributed by atoms with Crippen molar-refractivity contribution < 1.29 is 9.69 Å². The first kappa shape index (κ1) is 16.6. The van der Waals surface area contributed by atoms with Crippen LogP contribution in [0.3, 0.4) is 0 Å². The van der Waals surface area contributed by atoms with Crippen molar-refractivity contribution in [2.75, 3.05) is 18.4 Å². The van der Waals surface area contributed by atoms with E-state index in [1.807, 2.05) is 18.2 Å². The highest BCUT2D eigenvalue weighted by molar-refractivity contribution is 5.94. The van der Waals surface area contributed by atoms with Gasteiger partial charge in [-0.1, -0.05) is 19.3 Å². The third-order valence-corrected chi connectivity index (χ3v) is 5.75. The second kappa shape index (κ2) is 7.56. The Morgan fingerprint density at radius 3 is 2.68 bits per heavy atom. The monoisotopic (exact) mass is 341 g/mol. The average Bonchev–Trinajstić information content (AvgIpc) is 3.04. The van der Waals surface area contributed by atoms with Crippen LogP contribution < -0.4 is 10.2 Å². The van der Waals surface area contributed by atoms with Crippen LogP contribution in [0.5, 0.6) is 0 Å². The Balaban J connectivity index is 1.43. The molecule has 2 aromatic rings. The third-order valence-electron chi connectivity index (χ3n) is 5.75. The van der Waals surface area contributed by atoms with Crippen LogP contribution in [0.1, 0.15) is 57.2 Å². The van der Waals surface area contributed by atoms with Gasteiger partial charge in [-0.25, -0.2) is 4.98 Å². The predicted molar refractivity (Wildman–Crippen MR) is 99.6 cm³/mol. The third kappa shape index (κ3) is 4.03. The normalized spacial score (nSPS) is 20.0. The highest BCUT2D eigenvalue weighted by Crippen LogP contribution is 2.25. The SMILES string of the molecule is O=C(Nc1ccc2nc(C[NH+]3CCCCC3)[nH]c2c1)C1CCCCC1. The van der Waals surface area contributed by atoms with E-state index in [0.29, 0.717) is 0 Å². The van der Waals surface area contributed by atoms with Crippen molar-refractivity contribution in [3.8, 4) is 0 Å². The van der Waals surface area contributed by atoms with Crippen molar-refractivity contribution in [1.29, 1.82) is 0 Å². The molecule has 5 heteroatoms. The van der Waals surface area contributed by atoms with Gasteiger partial charge in [0.1, 0.15) is 6.54 Å². The number of carbonyl (C=O) groups is 1. The highest BCUT2D eigenvalue weighted by Gasteiger charge is 2.21. The summed E-state index contributed by atoms with van der Waals surface area (Å²) in [5.74, 6) is 1.42. The van der Waals surface area contributed by atoms with Crippen LogP contribution in [0.15, 0.2) is 18.2 Å². The second-order valence-corrected chi connectivity index (χ2v) is 7.73. The molecule has 2 heterocycles. The van der Waals surface area contributed by atoms with E-state index < -0.39 is 0 Å². The Labute approximate surface area is 149 Å². The molecule has 1 aliphatic carbocycles. The maximum Gasteiger partial charge on any atom is 0.227 e. The van der Waals surface area contributed by atoms with Crippen LogP contribution in [0, 0.1) is 5.92 Å². The Bertz CT molecular complexity index is 726. The zero-order chi connectivity index (χ0) is 17.1. The number of quaternary nitrogens is 1. The van der Waals surface area contributed by atoms with Gasteiger partial charge in [-0.05, 0) is 50.3 Å². The molecule has 3 N–H and O–H groups in total. The van der Waals surface area contributed by atoms with Crippen molar-refractivity contribution in [3.63, 3.8) is 0 Å². The Morgan fingerprint density at radius 2 is 1.88 bits per heavy atom. The number of fused-ring (bicyclic) bond motifs is 1. The molecule has 4 rings (SSSR count). The summed E-state index contributed by atoms with van der Waals surface area (Å²) < 4.78 is 0. The fraction of sp³-hybridized carbons (Fsp3) is 0.600. The summed E-state index contributed by atoms with van der Waals surface area (Å²) in [6.45, 7) is 3.47. The van der Waals surface area contributed by atoms with Gasteiger partial charge in [0, 0.05) is 11.6 Å². The van der Waals surface area contributed by atoms with Gasteiger partial charge in [-0.3, -0.25) is 4.79 Å². The van der Waals surface area contributed by atoms with Gasteiger partial charge in [-0.15, -0.1) is 0 Å². The number of aromatic nitrogens is 2. The summed E-state index contributed by atoms with van der Waals surface area (Å²) in [7, 11) is 0. The molecule has 5 nitrogen and oxygen atoms in total. The van der Waals surface area contributed by atoms with Crippen molar-refractivity contribution in [2.24, 2.45) is 5.92 Å². The topological polar surface area (TPSA) is 62.2 Å². The summed E-state index contributed by atoms with van der Waals surface area (Å²) in [6.07, 6.45) is 9.71. The summed E-state index contributed by atoms with van der Waals surface area (Å²) in [5.41, 5.74) is 2.89. The molecular weight excluding hydrogens is 312 g/mol. The number of aromatic amines is 1. The molecule has 0 atom stereocenters. The fourth-order valence-electron chi connectivity index (χ4n) is 4.30. The number of nitrogens with zero attached hydrogens (tertiary/aromatic N) is 1. The first-order valence-electron chi connectivity index (χ1n) is 9.91. The Kier molecular flexibility index (Phi) is 5.02. The number of benzene rings is 1. The molecule has 1 aromatic carbocycles. The van der Waals surface area contributed by atoms with E-state index in [1.165, 1.54) is 51.6 Å². The zero-order valence-electron chi connectivity index (χ0n) is 14.9. The van der Waals surface area contributed by atoms with Crippen molar-refractivity contribution in [1.82, 2.24) is 9.97 Å². The molecule has 25 heavy (non-hydrogen) atoms. The lowest BCUT2D eigenvalue weighted by atomic mass is 9.88. The number of H-pyrrole nitrogens is 1. The van der Waals surface area contributed by atoms with Crippen LogP contribution in [-0.2, 0) is 11.3 Å². The number of hydrogen-bond donors (Lipinski definition) is 3. The smallest absolute Gasteiger partial charge is 0.227 e. The zero-order valence-corrected chi connectivity index (χ0v) is 14.9. The molecule has 0 spiro atoms. The number of hydrogen-bond acceptors (Lipinski definition) is 2. The van der Waals surface area contributed by atoms with Gasteiger partial charge in [0.2, 0.25) is 5.91 Å². The lowest BCUT2D eigenvalue weighted by molar-refractivity contribution is -0.919. The average molecular weight is 341 g/mol. The first-order chi connectivity index (χ1) is 12.3. The van der Waals surface area contributed by atoms with Gasteiger partial charge in [-0.2, -0.15) is 0 Å². The highest BCUT2D eigenvalue weighted by atomic mass is 16.1. The van der Waals surface area contributed by atoms with Crippen molar-refractivity contribution >= 4 is 22.6 Å². The molecule has 2 fully saturated rings. The number of rotatable bonds is 4. The molecule has 2 aliphatic rings. The van der Waals surface area contributed by atoms with Gasteiger partial charge >= 0.3 is 0 Å². The van der Waals surface area contributed by atoms with E-state index in [4.69, 9.17) is 4.98 Å². The Hall–Kier alpha value is -1.88. The number of nitrogens with one attached hydrogen (secondary N) is 3. The molecular formula is C20H29N4O+. The van der Waals surface area contributed by atoms with E-state index in [1.54, 1.807) is 4.90 Å². The maximum absolute atomic E-state index is 12.4.